The molecule has 2 N–H and O–H groups in total. The van der Waals surface area contributed by atoms with Crippen LogP contribution in [-0.2, 0) is 4.79 Å². The van der Waals surface area contributed by atoms with Crippen molar-refractivity contribution in [2.24, 2.45) is 0 Å². The summed E-state index contributed by atoms with van der Waals surface area (Å²) in [4.78, 5) is 23.5. The van der Waals surface area contributed by atoms with Crippen molar-refractivity contribution in [2.45, 2.75) is 31.3 Å². The van der Waals surface area contributed by atoms with Gasteiger partial charge in [-0.15, -0.1) is 0 Å². The molecule has 2 aromatic rings. The average Bonchev–Trinajstić information content (AvgIpc) is 3.40. The maximum absolute atomic E-state index is 12.3. The van der Waals surface area contributed by atoms with Crippen molar-refractivity contribution in [3.8, 4) is 11.5 Å². The molecule has 5 heteroatoms. The van der Waals surface area contributed by atoms with Gasteiger partial charge in [0.1, 0.15) is 17.5 Å². The van der Waals surface area contributed by atoms with E-state index in [1.54, 1.807) is 24.3 Å². The summed E-state index contributed by atoms with van der Waals surface area (Å²) >= 11 is 0. The van der Waals surface area contributed by atoms with E-state index in [0.29, 0.717) is 11.3 Å². The first kappa shape index (κ1) is 16.2. The quantitative estimate of drug-likeness (QED) is 0.729. The molecule has 1 unspecified atom stereocenters. The van der Waals surface area contributed by atoms with Gasteiger partial charge in [-0.25, -0.2) is 0 Å². The molecule has 24 heavy (non-hydrogen) atoms. The van der Waals surface area contributed by atoms with Crippen molar-refractivity contribution in [3.05, 3.63) is 60.2 Å². The number of carbonyl (C=O) groups is 2. The van der Waals surface area contributed by atoms with E-state index in [0.717, 1.165) is 18.6 Å². The highest BCUT2D eigenvalue weighted by atomic mass is 16.5. The Hall–Kier alpha value is -2.66. The van der Waals surface area contributed by atoms with Crippen molar-refractivity contribution >= 4 is 11.8 Å². The Morgan fingerprint density at radius 2 is 1.67 bits per heavy atom. The van der Waals surface area contributed by atoms with Crippen molar-refractivity contribution in [1.82, 2.24) is 5.32 Å². The van der Waals surface area contributed by atoms with Crippen LogP contribution in [0.1, 0.15) is 29.6 Å². The summed E-state index contributed by atoms with van der Waals surface area (Å²) in [5.74, 6) is 0.167. The van der Waals surface area contributed by atoms with E-state index in [1.165, 1.54) is 0 Å². The van der Waals surface area contributed by atoms with Gasteiger partial charge in [0.05, 0.1) is 0 Å². The Balaban J connectivity index is 1.61. The molecule has 1 saturated carbocycles. The fourth-order valence-corrected chi connectivity index (χ4v) is 2.39. The molecule has 3 rings (SSSR count). The molecule has 0 bridgehead atoms. The number of ketones is 1. The van der Waals surface area contributed by atoms with Gasteiger partial charge in [0.2, 0.25) is 0 Å². The highest BCUT2D eigenvalue weighted by Crippen LogP contribution is 2.23. The van der Waals surface area contributed by atoms with Gasteiger partial charge in [-0.1, -0.05) is 18.2 Å². The van der Waals surface area contributed by atoms with Gasteiger partial charge in [0.15, 0.2) is 5.78 Å². The molecule has 1 aliphatic rings. The summed E-state index contributed by atoms with van der Waals surface area (Å²) in [7, 11) is 0. The Bertz CT molecular complexity index is 708. The number of carboxylic acid groups (broad SMARTS) is 1. The van der Waals surface area contributed by atoms with Crippen LogP contribution in [0.2, 0.25) is 0 Å². The molecule has 1 fully saturated rings. The smallest absolute Gasteiger partial charge is 0.321 e. The minimum Gasteiger partial charge on any atom is -0.480 e. The molecule has 0 aromatic heterocycles. The standard InChI is InChI=1S/C19H19NO4/c21-18(12-17(19(22)23)20-14-8-9-14)13-6-10-16(11-7-13)24-15-4-2-1-3-5-15/h1-7,10-11,14,17,20H,8-9,12H2,(H,22,23). The zero-order valence-electron chi connectivity index (χ0n) is 13.1. The second-order valence-corrected chi connectivity index (χ2v) is 5.90. The largest absolute Gasteiger partial charge is 0.480 e. The van der Waals surface area contributed by atoms with Crippen LogP contribution in [0.25, 0.3) is 0 Å². The summed E-state index contributed by atoms with van der Waals surface area (Å²) in [5.41, 5.74) is 0.485. The molecule has 5 nitrogen and oxygen atoms in total. The Kier molecular flexibility index (Phi) is 4.91. The molecule has 0 spiro atoms. The van der Waals surface area contributed by atoms with Gasteiger partial charge in [-0.2, -0.15) is 0 Å². The van der Waals surface area contributed by atoms with Gasteiger partial charge >= 0.3 is 5.97 Å². The number of para-hydroxylation sites is 1. The van der Waals surface area contributed by atoms with E-state index in [1.807, 2.05) is 30.3 Å². The highest BCUT2D eigenvalue weighted by molar-refractivity contribution is 5.98. The van der Waals surface area contributed by atoms with Gasteiger partial charge in [-0.05, 0) is 49.2 Å². The fraction of sp³-hybridized carbons (Fsp3) is 0.263. The normalized spacial score (nSPS) is 14.8. The third-order valence-electron chi connectivity index (χ3n) is 3.86. The number of hydrogen-bond acceptors (Lipinski definition) is 4. The number of ether oxygens (including phenoxy) is 1. The number of aliphatic carboxylic acids is 1. The van der Waals surface area contributed by atoms with E-state index >= 15 is 0 Å². The predicted molar refractivity (Wildman–Crippen MR) is 89.5 cm³/mol. The molecule has 0 heterocycles. The van der Waals surface area contributed by atoms with Crippen molar-refractivity contribution < 1.29 is 19.4 Å². The minimum atomic E-state index is -0.987. The lowest BCUT2D eigenvalue weighted by Crippen LogP contribution is -2.39. The maximum Gasteiger partial charge on any atom is 0.321 e. The summed E-state index contributed by atoms with van der Waals surface area (Å²) in [6, 6.07) is 15.5. The lowest BCUT2D eigenvalue weighted by Gasteiger charge is -2.13. The second kappa shape index (κ2) is 7.27. The van der Waals surface area contributed by atoms with Crippen LogP contribution in [0.5, 0.6) is 11.5 Å². The van der Waals surface area contributed by atoms with Crippen LogP contribution in [0.4, 0.5) is 0 Å². The minimum absolute atomic E-state index is 0.0509. The van der Waals surface area contributed by atoms with Gasteiger partial charge < -0.3 is 15.2 Å². The van der Waals surface area contributed by atoms with E-state index in [9.17, 15) is 14.7 Å². The van der Waals surface area contributed by atoms with Gasteiger partial charge in [0, 0.05) is 18.0 Å². The Morgan fingerprint density at radius 3 is 2.25 bits per heavy atom. The molecule has 2 aromatic carbocycles. The van der Waals surface area contributed by atoms with E-state index in [4.69, 9.17) is 4.74 Å². The Morgan fingerprint density at radius 1 is 1.04 bits per heavy atom. The van der Waals surface area contributed by atoms with Gasteiger partial charge in [-0.3, -0.25) is 9.59 Å². The van der Waals surface area contributed by atoms with Crippen LogP contribution in [-0.4, -0.2) is 28.9 Å². The number of benzene rings is 2. The summed E-state index contributed by atoms with van der Waals surface area (Å²) < 4.78 is 5.68. The summed E-state index contributed by atoms with van der Waals surface area (Å²) in [6.45, 7) is 0. The molecule has 0 aliphatic heterocycles. The van der Waals surface area contributed by atoms with Crippen LogP contribution in [0.15, 0.2) is 54.6 Å². The summed E-state index contributed by atoms with van der Waals surface area (Å²) in [5, 5.41) is 12.2. The third-order valence-corrected chi connectivity index (χ3v) is 3.86. The summed E-state index contributed by atoms with van der Waals surface area (Å²) in [6.07, 6.45) is 1.90. The first-order valence-corrected chi connectivity index (χ1v) is 7.97. The molecular weight excluding hydrogens is 306 g/mol. The number of hydrogen-bond donors (Lipinski definition) is 2. The number of rotatable bonds is 8. The topological polar surface area (TPSA) is 75.6 Å². The van der Waals surface area contributed by atoms with Crippen LogP contribution < -0.4 is 10.1 Å². The molecule has 124 valence electrons. The highest BCUT2D eigenvalue weighted by Gasteiger charge is 2.29. The third kappa shape index (κ3) is 4.43. The maximum atomic E-state index is 12.3. The molecule has 0 radical (unpaired) electrons. The predicted octanol–water partition coefficient (Wildman–Crippen LogP) is 3.26. The fourth-order valence-electron chi connectivity index (χ4n) is 2.39. The van der Waals surface area contributed by atoms with Crippen molar-refractivity contribution in [2.75, 3.05) is 0 Å². The van der Waals surface area contributed by atoms with Crippen molar-refractivity contribution in [1.29, 1.82) is 0 Å². The number of carbonyl (C=O) groups excluding carboxylic acids is 1. The zero-order chi connectivity index (χ0) is 16.9. The van der Waals surface area contributed by atoms with E-state index in [-0.39, 0.29) is 18.2 Å². The number of Topliss-reactive ketones (excluding diaryl/α,β-unsaturated/α-hetero) is 1. The number of nitrogens with one attached hydrogen (secondary N) is 1. The SMILES string of the molecule is O=C(CC(NC1CC1)C(=O)O)c1ccc(Oc2ccccc2)cc1. The van der Waals surface area contributed by atoms with Crippen LogP contribution in [0.3, 0.4) is 0 Å². The van der Waals surface area contributed by atoms with Crippen LogP contribution >= 0.6 is 0 Å². The first-order valence-electron chi connectivity index (χ1n) is 7.97. The molecule has 1 aliphatic carbocycles. The molecule has 0 amide bonds. The molecule has 0 saturated heterocycles. The monoisotopic (exact) mass is 325 g/mol. The first-order chi connectivity index (χ1) is 11.6. The Labute approximate surface area is 140 Å². The molecule has 1 atom stereocenters. The number of carboxylic acids is 1. The molecular formula is C19H19NO4. The van der Waals surface area contributed by atoms with Crippen LogP contribution in [0, 0.1) is 0 Å². The lowest BCUT2D eigenvalue weighted by molar-refractivity contribution is -0.139. The van der Waals surface area contributed by atoms with Crippen molar-refractivity contribution in [3.63, 3.8) is 0 Å². The lowest BCUT2D eigenvalue weighted by atomic mass is 10.0. The van der Waals surface area contributed by atoms with Gasteiger partial charge in [0.25, 0.3) is 0 Å². The average molecular weight is 325 g/mol. The van der Waals surface area contributed by atoms with E-state index in [2.05, 4.69) is 5.32 Å². The second-order valence-electron chi connectivity index (χ2n) is 5.90. The van der Waals surface area contributed by atoms with E-state index < -0.39 is 12.0 Å². The zero-order valence-corrected chi connectivity index (χ0v) is 13.1.